The second-order valence-electron chi connectivity index (χ2n) is 5.66. The zero-order valence-corrected chi connectivity index (χ0v) is 14.6. The summed E-state index contributed by atoms with van der Waals surface area (Å²) in [6.45, 7) is 7.19. The number of nitrogens with one attached hydrogen (secondary N) is 2. The van der Waals surface area contributed by atoms with Crippen molar-refractivity contribution in [2.75, 3.05) is 11.9 Å². The van der Waals surface area contributed by atoms with Crippen LogP contribution in [0.4, 0.5) is 10.1 Å². The molecule has 1 aromatic rings. The number of benzene rings is 1. The predicted molar refractivity (Wildman–Crippen MR) is 96.9 cm³/mol. The zero-order chi connectivity index (χ0) is 18.9. The lowest BCUT2D eigenvalue weighted by molar-refractivity contribution is -0.125. The van der Waals surface area contributed by atoms with Gasteiger partial charge in [0.15, 0.2) is 0 Å². The first-order valence-electron chi connectivity index (χ1n) is 7.75. The van der Waals surface area contributed by atoms with Crippen molar-refractivity contribution >= 4 is 29.1 Å². The number of carbonyl (C=O) groups is 2. The lowest BCUT2D eigenvalue weighted by atomic mass is 9.95. The maximum Gasteiger partial charge on any atom is 0.224 e. The van der Waals surface area contributed by atoms with Crippen LogP contribution in [0.1, 0.15) is 25.7 Å². The Balaban J connectivity index is 2.42. The maximum absolute atomic E-state index is 13.1. The summed E-state index contributed by atoms with van der Waals surface area (Å²) in [6, 6.07) is 3.81. The molecule has 1 aromatic carbocycles. The molecule has 136 valence electrons. The highest BCUT2D eigenvalue weighted by molar-refractivity contribution is 6.31. The molecular formula is C18H22ClFN2O3. The predicted octanol–water partition coefficient (Wildman–Crippen LogP) is 3.20. The SMILES string of the molecule is C=CCC(O)(CC=C)CNC(=O)CCC(=O)Nc1ccc(F)c(Cl)c1. The first kappa shape index (κ1) is 20.9. The average Bonchev–Trinajstić information content (AvgIpc) is 2.55. The zero-order valence-electron chi connectivity index (χ0n) is 13.9. The number of hydrogen-bond acceptors (Lipinski definition) is 3. The molecule has 1 rings (SSSR count). The Labute approximate surface area is 151 Å². The fourth-order valence-electron chi connectivity index (χ4n) is 2.14. The second-order valence-corrected chi connectivity index (χ2v) is 6.07. The summed E-state index contributed by atoms with van der Waals surface area (Å²) in [4.78, 5) is 23.6. The monoisotopic (exact) mass is 368 g/mol. The number of aliphatic hydroxyl groups is 1. The summed E-state index contributed by atoms with van der Waals surface area (Å²) < 4.78 is 13.1. The smallest absolute Gasteiger partial charge is 0.224 e. The molecule has 0 aromatic heterocycles. The molecule has 5 nitrogen and oxygen atoms in total. The molecule has 0 fully saturated rings. The van der Waals surface area contributed by atoms with E-state index in [0.717, 1.165) is 6.07 Å². The molecule has 0 aliphatic heterocycles. The summed E-state index contributed by atoms with van der Waals surface area (Å²) in [7, 11) is 0. The van der Waals surface area contributed by atoms with E-state index in [1.165, 1.54) is 12.1 Å². The molecule has 0 unspecified atom stereocenters. The van der Waals surface area contributed by atoms with Gasteiger partial charge in [-0.25, -0.2) is 4.39 Å². The number of hydrogen-bond donors (Lipinski definition) is 3. The highest BCUT2D eigenvalue weighted by Gasteiger charge is 2.24. The van der Waals surface area contributed by atoms with E-state index in [4.69, 9.17) is 11.6 Å². The minimum Gasteiger partial charge on any atom is -0.387 e. The lowest BCUT2D eigenvalue weighted by Crippen LogP contribution is -2.42. The number of halogens is 2. The van der Waals surface area contributed by atoms with E-state index in [1.807, 2.05) is 0 Å². The Morgan fingerprint density at radius 1 is 1.20 bits per heavy atom. The van der Waals surface area contributed by atoms with Crippen molar-refractivity contribution in [3.63, 3.8) is 0 Å². The van der Waals surface area contributed by atoms with Gasteiger partial charge < -0.3 is 15.7 Å². The Kier molecular flexibility index (Phi) is 8.31. The fourth-order valence-corrected chi connectivity index (χ4v) is 2.32. The van der Waals surface area contributed by atoms with E-state index in [1.54, 1.807) is 12.2 Å². The van der Waals surface area contributed by atoms with E-state index in [9.17, 15) is 19.1 Å². The van der Waals surface area contributed by atoms with Crippen LogP contribution in [0.5, 0.6) is 0 Å². The molecular weight excluding hydrogens is 347 g/mol. The quantitative estimate of drug-likeness (QED) is 0.555. The van der Waals surface area contributed by atoms with Crippen molar-refractivity contribution in [2.24, 2.45) is 0 Å². The third-order valence-corrected chi connectivity index (χ3v) is 3.74. The Bertz CT molecular complexity index is 639. The molecule has 0 spiro atoms. The van der Waals surface area contributed by atoms with Crippen molar-refractivity contribution in [3.8, 4) is 0 Å². The summed E-state index contributed by atoms with van der Waals surface area (Å²) >= 11 is 5.63. The van der Waals surface area contributed by atoms with Crippen LogP contribution in [0.15, 0.2) is 43.5 Å². The van der Waals surface area contributed by atoms with Crippen LogP contribution in [0.25, 0.3) is 0 Å². The molecule has 0 saturated heterocycles. The summed E-state index contributed by atoms with van der Waals surface area (Å²) in [5, 5.41) is 15.3. The van der Waals surface area contributed by atoms with Crippen LogP contribution in [0, 0.1) is 5.82 Å². The minimum absolute atomic E-state index is 0.0407. The first-order valence-corrected chi connectivity index (χ1v) is 8.13. The van der Waals surface area contributed by atoms with Crippen molar-refractivity contribution in [1.29, 1.82) is 0 Å². The van der Waals surface area contributed by atoms with Crippen LogP contribution in [0.2, 0.25) is 5.02 Å². The van der Waals surface area contributed by atoms with Crippen molar-refractivity contribution in [1.82, 2.24) is 5.32 Å². The summed E-state index contributed by atoms with van der Waals surface area (Å²) in [5.74, 6) is -1.34. The number of amides is 2. The average molecular weight is 369 g/mol. The molecule has 0 aliphatic carbocycles. The molecule has 25 heavy (non-hydrogen) atoms. The third-order valence-electron chi connectivity index (χ3n) is 3.45. The van der Waals surface area contributed by atoms with E-state index >= 15 is 0 Å². The molecule has 0 heterocycles. The molecule has 2 amide bonds. The van der Waals surface area contributed by atoms with E-state index in [-0.39, 0.29) is 30.3 Å². The van der Waals surface area contributed by atoms with Gasteiger partial charge in [-0.3, -0.25) is 9.59 Å². The van der Waals surface area contributed by atoms with E-state index in [2.05, 4.69) is 23.8 Å². The van der Waals surface area contributed by atoms with Gasteiger partial charge in [-0.2, -0.15) is 0 Å². The fraction of sp³-hybridized carbons (Fsp3) is 0.333. The highest BCUT2D eigenvalue weighted by atomic mass is 35.5. The molecule has 7 heteroatoms. The van der Waals surface area contributed by atoms with Crippen molar-refractivity contribution in [3.05, 3.63) is 54.3 Å². The largest absolute Gasteiger partial charge is 0.387 e. The number of rotatable bonds is 10. The van der Waals surface area contributed by atoms with Gasteiger partial charge in [0.1, 0.15) is 5.82 Å². The molecule has 0 saturated carbocycles. The van der Waals surface area contributed by atoms with Gasteiger partial charge in [0.2, 0.25) is 11.8 Å². The van der Waals surface area contributed by atoms with Gasteiger partial charge in [0.25, 0.3) is 0 Å². The summed E-state index contributed by atoms with van der Waals surface area (Å²) in [5.41, 5.74) is -0.783. The van der Waals surface area contributed by atoms with E-state index in [0.29, 0.717) is 18.5 Å². The van der Waals surface area contributed by atoms with Crippen LogP contribution < -0.4 is 10.6 Å². The van der Waals surface area contributed by atoms with Gasteiger partial charge in [-0.1, -0.05) is 23.8 Å². The van der Waals surface area contributed by atoms with Crippen LogP contribution in [-0.4, -0.2) is 29.1 Å². The van der Waals surface area contributed by atoms with Crippen LogP contribution in [-0.2, 0) is 9.59 Å². The minimum atomic E-state index is -1.13. The van der Waals surface area contributed by atoms with Gasteiger partial charge in [0.05, 0.1) is 10.6 Å². The Morgan fingerprint density at radius 3 is 2.36 bits per heavy atom. The molecule has 0 bridgehead atoms. The van der Waals surface area contributed by atoms with Gasteiger partial charge >= 0.3 is 0 Å². The number of carbonyl (C=O) groups excluding carboxylic acids is 2. The normalized spacial score (nSPS) is 10.8. The van der Waals surface area contributed by atoms with Gasteiger partial charge in [-0.15, -0.1) is 13.2 Å². The summed E-state index contributed by atoms with van der Waals surface area (Å²) in [6.07, 6.45) is 3.66. The highest BCUT2D eigenvalue weighted by Crippen LogP contribution is 2.19. The Hall–Kier alpha value is -2.18. The first-order chi connectivity index (χ1) is 11.8. The molecule has 0 aliphatic rings. The number of anilines is 1. The molecule has 0 radical (unpaired) electrons. The maximum atomic E-state index is 13.1. The van der Waals surface area contributed by atoms with E-state index < -0.39 is 17.3 Å². The molecule has 0 atom stereocenters. The van der Waals surface area contributed by atoms with Gasteiger partial charge in [0, 0.05) is 25.1 Å². The van der Waals surface area contributed by atoms with Crippen LogP contribution >= 0.6 is 11.6 Å². The topological polar surface area (TPSA) is 78.4 Å². The van der Waals surface area contributed by atoms with Gasteiger partial charge in [-0.05, 0) is 31.0 Å². The molecule has 3 N–H and O–H groups in total. The van der Waals surface area contributed by atoms with Crippen molar-refractivity contribution in [2.45, 2.75) is 31.3 Å². The second kappa shape index (κ2) is 9.96. The standard InChI is InChI=1S/C18H22ClFN2O3/c1-3-9-18(25,10-4-2)12-21-16(23)7-8-17(24)22-13-5-6-15(20)14(19)11-13/h3-6,11,25H,1-2,7-10,12H2,(H,21,23)(H,22,24). The third kappa shape index (κ3) is 7.49. The lowest BCUT2D eigenvalue weighted by Gasteiger charge is -2.25. The van der Waals surface area contributed by atoms with Crippen LogP contribution in [0.3, 0.4) is 0 Å². The van der Waals surface area contributed by atoms with Crippen molar-refractivity contribution < 1.29 is 19.1 Å². The Morgan fingerprint density at radius 2 is 1.80 bits per heavy atom.